The van der Waals surface area contributed by atoms with E-state index in [-0.39, 0.29) is 6.61 Å². The second-order valence-corrected chi connectivity index (χ2v) is 5.14. The summed E-state index contributed by atoms with van der Waals surface area (Å²) in [4.78, 5) is 0. The zero-order chi connectivity index (χ0) is 9.94. The van der Waals surface area contributed by atoms with E-state index in [1.54, 1.807) is 0 Å². The van der Waals surface area contributed by atoms with Crippen molar-refractivity contribution in [1.82, 2.24) is 0 Å². The smallest absolute Gasteiger partial charge is 0.321 e. The summed E-state index contributed by atoms with van der Waals surface area (Å²) in [6.45, 7) is 6.03. The van der Waals surface area contributed by atoms with Gasteiger partial charge in [-0.2, -0.15) is 0 Å². The Kier molecular flexibility index (Phi) is 10.3. The zero-order valence-corrected chi connectivity index (χ0v) is 9.95. The SMILES string of the molecule is CCCO[SiH](CCCO)OCCC. The second-order valence-electron chi connectivity index (χ2n) is 3.04. The fourth-order valence-electron chi connectivity index (χ4n) is 0.971. The number of rotatable bonds is 9. The molecule has 0 radical (unpaired) electrons. The van der Waals surface area contributed by atoms with E-state index in [0.29, 0.717) is 0 Å². The molecule has 0 aliphatic rings. The summed E-state index contributed by atoms with van der Waals surface area (Å²) in [5.74, 6) is 0. The molecule has 0 atom stereocenters. The highest BCUT2D eigenvalue weighted by Crippen LogP contribution is 2.02. The summed E-state index contributed by atoms with van der Waals surface area (Å²) >= 11 is 0. The van der Waals surface area contributed by atoms with Crippen molar-refractivity contribution in [2.75, 3.05) is 19.8 Å². The Morgan fingerprint density at radius 2 is 1.62 bits per heavy atom. The lowest BCUT2D eigenvalue weighted by atomic mass is 10.5. The molecule has 4 heteroatoms. The van der Waals surface area contributed by atoms with Gasteiger partial charge in [0.05, 0.1) is 0 Å². The van der Waals surface area contributed by atoms with Crippen molar-refractivity contribution in [3.05, 3.63) is 0 Å². The van der Waals surface area contributed by atoms with Gasteiger partial charge in [0.15, 0.2) is 0 Å². The molecule has 0 aromatic rings. The van der Waals surface area contributed by atoms with E-state index in [0.717, 1.165) is 38.5 Å². The summed E-state index contributed by atoms with van der Waals surface area (Å²) in [6, 6.07) is 0.927. The maximum absolute atomic E-state index is 8.68. The Morgan fingerprint density at radius 3 is 2.00 bits per heavy atom. The Bertz CT molecular complexity index is 81.8. The standard InChI is InChI=1S/C9H22O3Si/c1-3-7-11-13(9-5-6-10)12-8-4-2/h10,13H,3-9H2,1-2H3. The Hall–Kier alpha value is 0.0969. The zero-order valence-electron chi connectivity index (χ0n) is 8.79. The number of aliphatic hydroxyl groups is 1. The molecule has 0 spiro atoms. The summed E-state index contributed by atoms with van der Waals surface area (Å²) in [5.41, 5.74) is 0. The molecule has 0 aliphatic heterocycles. The van der Waals surface area contributed by atoms with E-state index in [9.17, 15) is 0 Å². The van der Waals surface area contributed by atoms with Crippen LogP contribution in [0.3, 0.4) is 0 Å². The lowest BCUT2D eigenvalue weighted by Gasteiger charge is -2.15. The molecule has 0 rings (SSSR count). The first-order valence-electron chi connectivity index (χ1n) is 5.19. The average Bonchev–Trinajstić information content (AvgIpc) is 2.17. The molecule has 0 aliphatic carbocycles. The van der Waals surface area contributed by atoms with Crippen LogP contribution in [0.25, 0.3) is 0 Å². The van der Waals surface area contributed by atoms with Gasteiger partial charge in [0.25, 0.3) is 0 Å². The minimum Gasteiger partial charge on any atom is -0.397 e. The van der Waals surface area contributed by atoms with Crippen molar-refractivity contribution in [3.63, 3.8) is 0 Å². The minimum absolute atomic E-state index is 0.245. The van der Waals surface area contributed by atoms with Crippen LogP contribution in [-0.4, -0.2) is 34.2 Å². The van der Waals surface area contributed by atoms with Gasteiger partial charge in [-0.15, -0.1) is 0 Å². The fraction of sp³-hybridized carbons (Fsp3) is 1.00. The molecule has 80 valence electrons. The number of hydrogen-bond donors (Lipinski definition) is 1. The van der Waals surface area contributed by atoms with Gasteiger partial charge in [0.1, 0.15) is 0 Å². The van der Waals surface area contributed by atoms with Crippen LogP contribution in [-0.2, 0) is 8.85 Å². The number of aliphatic hydroxyl groups excluding tert-OH is 1. The van der Waals surface area contributed by atoms with Gasteiger partial charge in [0, 0.05) is 19.8 Å². The summed E-state index contributed by atoms with van der Waals surface area (Å²) in [7, 11) is -1.45. The lowest BCUT2D eigenvalue weighted by Crippen LogP contribution is -2.24. The molecule has 0 saturated heterocycles. The van der Waals surface area contributed by atoms with E-state index in [1.165, 1.54) is 0 Å². The van der Waals surface area contributed by atoms with Gasteiger partial charge in [0.2, 0.25) is 0 Å². The number of hydrogen-bond acceptors (Lipinski definition) is 3. The maximum atomic E-state index is 8.68. The molecule has 0 heterocycles. The average molecular weight is 206 g/mol. The van der Waals surface area contributed by atoms with Gasteiger partial charge in [-0.3, -0.25) is 0 Å². The molecular formula is C9H22O3Si. The maximum Gasteiger partial charge on any atom is 0.321 e. The molecule has 0 saturated carbocycles. The Balaban J connectivity index is 3.47. The van der Waals surface area contributed by atoms with Gasteiger partial charge >= 0.3 is 9.28 Å². The molecule has 3 nitrogen and oxygen atoms in total. The van der Waals surface area contributed by atoms with Crippen molar-refractivity contribution in [3.8, 4) is 0 Å². The fourth-order valence-corrected chi connectivity index (χ4v) is 2.91. The van der Waals surface area contributed by atoms with Gasteiger partial charge in [-0.25, -0.2) is 0 Å². The first-order valence-corrected chi connectivity index (χ1v) is 6.95. The molecule has 1 N–H and O–H groups in total. The summed E-state index contributed by atoms with van der Waals surface area (Å²) in [5, 5.41) is 8.68. The van der Waals surface area contributed by atoms with Crippen LogP contribution in [0.4, 0.5) is 0 Å². The normalized spacial score (nSPS) is 11.1. The van der Waals surface area contributed by atoms with Crippen LogP contribution in [0, 0.1) is 0 Å². The van der Waals surface area contributed by atoms with E-state index < -0.39 is 9.28 Å². The Labute approximate surface area is 82.9 Å². The molecule has 0 aromatic carbocycles. The second kappa shape index (κ2) is 10.2. The molecule has 0 bridgehead atoms. The van der Waals surface area contributed by atoms with Crippen molar-refractivity contribution in [1.29, 1.82) is 0 Å². The third-order valence-electron chi connectivity index (χ3n) is 1.61. The van der Waals surface area contributed by atoms with Crippen LogP contribution in [0.1, 0.15) is 33.1 Å². The molecule has 0 fully saturated rings. The monoisotopic (exact) mass is 206 g/mol. The predicted octanol–water partition coefficient (Wildman–Crippen LogP) is 1.44. The highest BCUT2D eigenvalue weighted by molar-refractivity contribution is 6.44. The van der Waals surface area contributed by atoms with Gasteiger partial charge < -0.3 is 14.0 Å². The van der Waals surface area contributed by atoms with Crippen molar-refractivity contribution < 1.29 is 14.0 Å². The minimum atomic E-state index is -1.45. The summed E-state index contributed by atoms with van der Waals surface area (Å²) in [6.07, 6.45) is 2.89. The first kappa shape index (κ1) is 13.1. The van der Waals surface area contributed by atoms with Crippen molar-refractivity contribution in [2.45, 2.75) is 39.2 Å². The van der Waals surface area contributed by atoms with Crippen LogP contribution in [0.5, 0.6) is 0 Å². The highest BCUT2D eigenvalue weighted by atomic mass is 28.3. The molecular weight excluding hydrogens is 184 g/mol. The van der Waals surface area contributed by atoms with Crippen LogP contribution < -0.4 is 0 Å². The summed E-state index contributed by atoms with van der Waals surface area (Å²) < 4.78 is 11.2. The molecule has 0 aromatic heterocycles. The third-order valence-corrected chi connectivity index (χ3v) is 3.71. The van der Waals surface area contributed by atoms with E-state index in [1.807, 2.05) is 0 Å². The van der Waals surface area contributed by atoms with E-state index in [4.69, 9.17) is 14.0 Å². The predicted molar refractivity (Wildman–Crippen MR) is 56.1 cm³/mol. The third kappa shape index (κ3) is 8.43. The van der Waals surface area contributed by atoms with Crippen LogP contribution >= 0.6 is 0 Å². The van der Waals surface area contributed by atoms with Crippen molar-refractivity contribution in [2.24, 2.45) is 0 Å². The highest BCUT2D eigenvalue weighted by Gasteiger charge is 2.11. The largest absolute Gasteiger partial charge is 0.397 e. The van der Waals surface area contributed by atoms with Gasteiger partial charge in [-0.1, -0.05) is 13.8 Å². The molecule has 0 amide bonds. The van der Waals surface area contributed by atoms with E-state index >= 15 is 0 Å². The topological polar surface area (TPSA) is 38.7 Å². The molecule has 0 unspecified atom stereocenters. The Morgan fingerprint density at radius 1 is 1.08 bits per heavy atom. The van der Waals surface area contributed by atoms with Crippen LogP contribution in [0.2, 0.25) is 6.04 Å². The van der Waals surface area contributed by atoms with Gasteiger partial charge in [-0.05, 0) is 25.3 Å². The molecule has 13 heavy (non-hydrogen) atoms. The van der Waals surface area contributed by atoms with E-state index in [2.05, 4.69) is 13.8 Å². The quantitative estimate of drug-likeness (QED) is 0.580. The first-order chi connectivity index (χ1) is 6.35. The van der Waals surface area contributed by atoms with Crippen molar-refractivity contribution >= 4 is 9.28 Å². The van der Waals surface area contributed by atoms with Crippen LogP contribution in [0.15, 0.2) is 0 Å². The lowest BCUT2D eigenvalue weighted by molar-refractivity contribution is 0.192.